The zero-order valence-electron chi connectivity index (χ0n) is 15.0. The molecule has 0 radical (unpaired) electrons. The van der Waals surface area contributed by atoms with Gasteiger partial charge in [0.1, 0.15) is 17.2 Å². The van der Waals surface area contributed by atoms with E-state index in [1.807, 2.05) is 24.3 Å². The Balaban J connectivity index is 1.72. The average Bonchev–Trinajstić information content (AvgIpc) is 3.17. The highest BCUT2D eigenvalue weighted by Crippen LogP contribution is 2.38. The van der Waals surface area contributed by atoms with E-state index in [-0.39, 0.29) is 0 Å². The third-order valence-corrected chi connectivity index (χ3v) is 5.21. The molecule has 0 fully saturated rings. The van der Waals surface area contributed by atoms with Crippen molar-refractivity contribution in [3.63, 3.8) is 0 Å². The number of hydrogen-bond donors (Lipinski definition) is 1. The lowest BCUT2D eigenvalue weighted by molar-refractivity contribution is 0.398. The average molecular weight is 415 g/mol. The van der Waals surface area contributed by atoms with E-state index in [0.29, 0.717) is 44.2 Å². The SMILES string of the molecule is COc1cccc(OC)c1Nc1nc(-c2cc3cccc(Cl)c3oc2=O)cs1. The van der Waals surface area contributed by atoms with Gasteiger partial charge in [-0.05, 0) is 24.3 Å². The molecule has 4 aromatic rings. The predicted octanol–water partition coefficient (Wildman–Crippen LogP) is 5.33. The number of anilines is 2. The molecule has 0 unspecified atom stereocenters. The fourth-order valence-electron chi connectivity index (χ4n) is 2.82. The van der Waals surface area contributed by atoms with Gasteiger partial charge in [0.2, 0.25) is 0 Å². The summed E-state index contributed by atoms with van der Waals surface area (Å²) in [6.45, 7) is 0. The van der Waals surface area contributed by atoms with Gasteiger partial charge in [0.25, 0.3) is 0 Å². The zero-order valence-corrected chi connectivity index (χ0v) is 16.6. The molecule has 0 amide bonds. The first-order valence-corrected chi connectivity index (χ1v) is 9.52. The fraction of sp³-hybridized carbons (Fsp3) is 0.100. The van der Waals surface area contributed by atoms with Crippen molar-refractivity contribution in [2.75, 3.05) is 19.5 Å². The second-order valence-corrected chi connectivity index (χ2v) is 7.07. The molecular weight excluding hydrogens is 400 g/mol. The van der Waals surface area contributed by atoms with Crippen LogP contribution in [0.3, 0.4) is 0 Å². The number of nitrogens with one attached hydrogen (secondary N) is 1. The summed E-state index contributed by atoms with van der Waals surface area (Å²) in [4.78, 5) is 17.0. The number of rotatable bonds is 5. The largest absolute Gasteiger partial charge is 0.494 e. The lowest BCUT2D eigenvalue weighted by atomic mass is 10.1. The van der Waals surface area contributed by atoms with Crippen LogP contribution in [-0.2, 0) is 0 Å². The van der Waals surface area contributed by atoms with E-state index >= 15 is 0 Å². The molecule has 8 heteroatoms. The first kappa shape index (κ1) is 18.3. The van der Waals surface area contributed by atoms with Crippen molar-refractivity contribution in [1.29, 1.82) is 0 Å². The highest BCUT2D eigenvalue weighted by molar-refractivity contribution is 7.14. The lowest BCUT2D eigenvalue weighted by Crippen LogP contribution is -2.03. The van der Waals surface area contributed by atoms with Gasteiger partial charge in [0.05, 0.1) is 30.5 Å². The summed E-state index contributed by atoms with van der Waals surface area (Å²) in [5.41, 5.74) is 1.41. The number of methoxy groups -OCH3 is 2. The third-order valence-electron chi connectivity index (χ3n) is 4.15. The standard InChI is InChI=1S/C20H15ClN2O4S/c1-25-15-7-4-8-16(26-2)17(15)23-20-22-14(10-28-20)12-9-11-5-3-6-13(21)18(11)27-19(12)24/h3-10H,1-2H3,(H,22,23). The van der Waals surface area contributed by atoms with Crippen LogP contribution in [0.15, 0.2) is 57.1 Å². The minimum atomic E-state index is -0.493. The van der Waals surface area contributed by atoms with Crippen molar-refractivity contribution in [3.8, 4) is 22.8 Å². The van der Waals surface area contributed by atoms with Gasteiger partial charge in [0, 0.05) is 10.8 Å². The molecule has 142 valence electrons. The Morgan fingerprint density at radius 2 is 1.82 bits per heavy atom. The maximum absolute atomic E-state index is 12.4. The van der Waals surface area contributed by atoms with Crippen molar-refractivity contribution in [2.45, 2.75) is 0 Å². The van der Waals surface area contributed by atoms with Crippen LogP contribution in [-0.4, -0.2) is 19.2 Å². The highest BCUT2D eigenvalue weighted by Gasteiger charge is 2.15. The summed E-state index contributed by atoms with van der Waals surface area (Å²) in [6.07, 6.45) is 0. The summed E-state index contributed by atoms with van der Waals surface area (Å²) in [6, 6.07) is 12.5. The third kappa shape index (κ3) is 3.30. The number of fused-ring (bicyclic) bond motifs is 1. The first-order chi connectivity index (χ1) is 13.6. The Kier molecular flexibility index (Phi) is 4.93. The van der Waals surface area contributed by atoms with Gasteiger partial charge in [-0.25, -0.2) is 9.78 Å². The van der Waals surface area contributed by atoms with Crippen molar-refractivity contribution < 1.29 is 13.9 Å². The summed E-state index contributed by atoms with van der Waals surface area (Å²) >= 11 is 7.45. The van der Waals surface area contributed by atoms with E-state index in [4.69, 9.17) is 25.5 Å². The van der Waals surface area contributed by atoms with Gasteiger partial charge in [0.15, 0.2) is 10.7 Å². The van der Waals surface area contributed by atoms with Crippen molar-refractivity contribution in [2.24, 2.45) is 0 Å². The number of benzene rings is 2. The van der Waals surface area contributed by atoms with Gasteiger partial charge in [-0.2, -0.15) is 0 Å². The Morgan fingerprint density at radius 3 is 2.54 bits per heavy atom. The minimum absolute atomic E-state index is 0.366. The molecule has 0 saturated carbocycles. The molecule has 6 nitrogen and oxygen atoms in total. The predicted molar refractivity (Wildman–Crippen MR) is 111 cm³/mol. The molecule has 0 bridgehead atoms. The summed E-state index contributed by atoms with van der Waals surface area (Å²) in [7, 11) is 3.16. The number of ether oxygens (including phenoxy) is 2. The van der Waals surface area contributed by atoms with E-state index < -0.39 is 5.63 Å². The Labute approximate surface area is 169 Å². The van der Waals surface area contributed by atoms with Gasteiger partial charge >= 0.3 is 5.63 Å². The Morgan fingerprint density at radius 1 is 1.11 bits per heavy atom. The lowest BCUT2D eigenvalue weighted by Gasteiger charge is -2.13. The smallest absolute Gasteiger partial charge is 0.345 e. The second-order valence-electron chi connectivity index (χ2n) is 5.81. The molecule has 0 aliphatic rings. The molecule has 2 heterocycles. The number of aromatic nitrogens is 1. The molecule has 0 spiro atoms. The molecule has 2 aromatic carbocycles. The van der Waals surface area contributed by atoms with E-state index in [9.17, 15) is 4.79 Å². The second kappa shape index (κ2) is 7.53. The normalized spacial score (nSPS) is 10.8. The quantitative estimate of drug-likeness (QED) is 0.445. The van der Waals surface area contributed by atoms with Crippen molar-refractivity contribution >= 4 is 44.7 Å². The van der Waals surface area contributed by atoms with Crippen molar-refractivity contribution in [3.05, 3.63) is 63.3 Å². The van der Waals surface area contributed by atoms with Crippen LogP contribution in [0.5, 0.6) is 11.5 Å². The molecule has 28 heavy (non-hydrogen) atoms. The maximum atomic E-state index is 12.4. The van der Waals surface area contributed by atoms with Crippen LogP contribution in [0, 0.1) is 0 Å². The molecule has 2 aromatic heterocycles. The van der Waals surface area contributed by atoms with Gasteiger partial charge < -0.3 is 19.2 Å². The number of hydrogen-bond acceptors (Lipinski definition) is 7. The number of thiazole rings is 1. The van der Waals surface area contributed by atoms with Gasteiger partial charge in [-0.1, -0.05) is 29.8 Å². The molecule has 1 N–H and O–H groups in total. The molecule has 0 atom stereocenters. The van der Waals surface area contributed by atoms with Gasteiger partial charge in [-0.3, -0.25) is 0 Å². The van der Waals surface area contributed by atoms with E-state index in [1.165, 1.54) is 11.3 Å². The van der Waals surface area contributed by atoms with E-state index in [1.54, 1.807) is 37.8 Å². The van der Waals surface area contributed by atoms with Crippen LogP contribution in [0.1, 0.15) is 0 Å². The van der Waals surface area contributed by atoms with Crippen LogP contribution < -0.4 is 20.4 Å². The van der Waals surface area contributed by atoms with Crippen LogP contribution >= 0.6 is 22.9 Å². The minimum Gasteiger partial charge on any atom is -0.494 e. The number of para-hydroxylation sites is 2. The maximum Gasteiger partial charge on any atom is 0.345 e. The molecule has 4 rings (SSSR count). The summed E-state index contributed by atoms with van der Waals surface area (Å²) in [5, 5.41) is 6.70. The number of nitrogens with zero attached hydrogens (tertiary/aromatic N) is 1. The van der Waals surface area contributed by atoms with E-state index in [0.717, 1.165) is 5.39 Å². The molecular formula is C20H15ClN2O4S. The van der Waals surface area contributed by atoms with Crippen LogP contribution in [0.4, 0.5) is 10.8 Å². The molecule has 0 aliphatic heterocycles. The highest BCUT2D eigenvalue weighted by atomic mass is 35.5. The monoisotopic (exact) mass is 414 g/mol. The summed E-state index contributed by atoms with van der Waals surface area (Å²) in [5.74, 6) is 1.24. The first-order valence-electron chi connectivity index (χ1n) is 8.27. The van der Waals surface area contributed by atoms with Gasteiger partial charge in [-0.15, -0.1) is 11.3 Å². The summed E-state index contributed by atoms with van der Waals surface area (Å²) < 4.78 is 16.2. The molecule has 0 aliphatic carbocycles. The Bertz CT molecular complexity index is 1200. The molecule has 0 saturated heterocycles. The Hall–Kier alpha value is -3.03. The van der Waals surface area contributed by atoms with Crippen LogP contribution in [0.2, 0.25) is 5.02 Å². The number of halogens is 1. The van der Waals surface area contributed by atoms with E-state index in [2.05, 4.69) is 10.3 Å². The fourth-order valence-corrected chi connectivity index (χ4v) is 3.76. The van der Waals surface area contributed by atoms with Crippen molar-refractivity contribution in [1.82, 2.24) is 4.98 Å². The zero-order chi connectivity index (χ0) is 19.7. The van der Waals surface area contributed by atoms with Crippen LogP contribution in [0.25, 0.3) is 22.2 Å². The topological polar surface area (TPSA) is 73.6 Å².